The maximum Gasteiger partial charge on any atom is 0.243 e. The second kappa shape index (κ2) is 11.2. The van der Waals surface area contributed by atoms with Gasteiger partial charge in [0.1, 0.15) is 11.8 Å². The Bertz CT molecular complexity index is 790. The monoisotopic (exact) mass is 396 g/mol. The van der Waals surface area contributed by atoms with Gasteiger partial charge in [-0.15, -0.1) is 0 Å². The fourth-order valence-electron chi connectivity index (χ4n) is 3.26. The van der Waals surface area contributed by atoms with Crippen molar-refractivity contribution < 1.29 is 14.3 Å². The van der Waals surface area contributed by atoms with Gasteiger partial charge < -0.3 is 15.0 Å². The van der Waals surface area contributed by atoms with Gasteiger partial charge in [-0.1, -0.05) is 49.4 Å². The van der Waals surface area contributed by atoms with Gasteiger partial charge in [-0.2, -0.15) is 0 Å². The molecule has 0 unspecified atom stereocenters. The number of hydrogen-bond donors (Lipinski definition) is 1. The predicted molar refractivity (Wildman–Crippen MR) is 116 cm³/mol. The summed E-state index contributed by atoms with van der Waals surface area (Å²) in [6, 6.07) is 16.9. The normalized spacial score (nSPS) is 11.8. The average molecular weight is 397 g/mol. The fraction of sp³-hybridized carbons (Fsp3) is 0.417. The van der Waals surface area contributed by atoms with Crippen molar-refractivity contribution in [2.45, 2.75) is 58.7 Å². The third-order valence-corrected chi connectivity index (χ3v) is 4.65. The molecular formula is C24H32N2O3. The molecular weight excluding hydrogens is 364 g/mol. The SMILES string of the molecule is CCCC(=O)N(Cc1cccc(OC)c1)[C@@H](Cc1ccccc1)C(=O)NC(C)C. The second-order valence-corrected chi connectivity index (χ2v) is 7.49. The van der Waals surface area contributed by atoms with E-state index in [1.54, 1.807) is 12.0 Å². The molecule has 0 bridgehead atoms. The van der Waals surface area contributed by atoms with Crippen molar-refractivity contribution in [3.63, 3.8) is 0 Å². The third kappa shape index (κ3) is 6.93. The van der Waals surface area contributed by atoms with Crippen molar-refractivity contribution in [2.24, 2.45) is 0 Å². The maximum absolute atomic E-state index is 13.1. The second-order valence-electron chi connectivity index (χ2n) is 7.49. The van der Waals surface area contributed by atoms with E-state index in [0.717, 1.165) is 23.3 Å². The summed E-state index contributed by atoms with van der Waals surface area (Å²) in [5, 5.41) is 2.99. The van der Waals surface area contributed by atoms with Crippen LogP contribution in [0.5, 0.6) is 5.75 Å². The predicted octanol–water partition coefficient (Wildman–Crippen LogP) is 3.96. The zero-order valence-electron chi connectivity index (χ0n) is 17.9. The first kappa shape index (κ1) is 22.5. The lowest BCUT2D eigenvalue weighted by Gasteiger charge is -2.32. The molecule has 0 aromatic heterocycles. The van der Waals surface area contributed by atoms with E-state index in [1.165, 1.54) is 0 Å². The maximum atomic E-state index is 13.1. The van der Waals surface area contributed by atoms with Crippen molar-refractivity contribution in [3.8, 4) is 5.75 Å². The largest absolute Gasteiger partial charge is 0.497 e. The zero-order chi connectivity index (χ0) is 21.2. The minimum Gasteiger partial charge on any atom is -0.497 e. The Labute approximate surface area is 174 Å². The van der Waals surface area contributed by atoms with Crippen LogP contribution in [0.2, 0.25) is 0 Å². The first-order chi connectivity index (χ1) is 13.9. The van der Waals surface area contributed by atoms with Crippen LogP contribution in [0.25, 0.3) is 0 Å². The van der Waals surface area contributed by atoms with E-state index in [2.05, 4.69) is 5.32 Å². The lowest BCUT2D eigenvalue weighted by Crippen LogP contribution is -2.51. The van der Waals surface area contributed by atoms with Crippen molar-refractivity contribution >= 4 is 11.8 Å². The highest BCUT2D eigenvalue weighted by molar-refractivity contribution is 5.88. The number of carbonyl (C=O) groups is 2. The highest BCUT2D eigenvalue weighted by atomic mass is 16.5. The fourth-order valence-corrected chi connectivity index (χ4v) is 3.26. The van der Waals surface area contributed by atoms with Crippen molar-refractivity contribution in [2.75, 3.05) is 7.11 Å². The zero-order valence-corrected chi connectivity index (χ0v) is 17.9. The van der Waals surface area contributed by atoms with Crippen molar-refractivity contribution in [3.05, 3.63) is 65.7 Å². The number of rotatable bonds is 10. The van der Waals surface area contributed by atoms with Crippen LogP contribution < -0.4 is 10.1 Å². The van der Waals surface area contributed by atoms with Crippen LogP contribution in [0.3, 0.4) is 0 Å². The van der Waals surface area contributed by atoms with Crippen molar-refractivity contribution in [1.29, 1.82) is 0 Å². The number of methoxy groups -OCH3 is 1. The van der Waals surface area contributed by atoms with Crippen LogP contribution in [0.15, 0.2) is 54.6 Å². The van der Waals surface area contributed by atoms with Gasteiger partial charge in [0.15, 0.2) is 0 Å². The highest BCUT2D eigenvalue weighted by Crippen LogP contribution is 2.19. The van der Waals surface area contributed by atoms with Crippen molar-refractivity contribution in [1.82, 2.24) is 10.2 Å². The number of amides is 2. The first-order valence-electron chi connectivity index (χ1n) is 10.2. The van der Waals surface area contributed by atoms with Crippen LogP contribution >= 0.6 is 0 Å². The van der Waals surface area contributed by atoms with E-state index in [4.69, 9.17) is 4.74 Å². The summed E-state index contributed by atoms with van der Waals surface area (Å²) in [7, 11) is 1.62. The molecule has 5 nitrogen and oxygen atoms in total. The number of ether oxygens (including phenoxy) is 1. The molecule has 1 atom stereocenters. The van der Waals surface area contributed by atoms with Gasteiger partial charge in [-0.25, -0.2) is 0 Å². The molecule has 0 spiro atoms. The molecule has 0 aliphatic heterocycles. The van der Waals surface area contributed by atoms with E-state index in [1.807, 2.05) is 75.4 Å². The van der Waals surface area contributed by atoms with Gasteiger partial charge in [0.05, 0.1) is 7.11 Å². The highest BCUT2D eigenvalue weighted by Gasteiger charge is 2.30. The van der Waals surface area contributed by atoms with Crippen LogP contribution in [0, 0.1) is 0 Å². The van der Waals surface area contributed by atoms with Gasteiger partial charge >= 0.3 is 0 Å². The van der Waals surface area contributed by atoms with E-state index >= 15 is 0 Å². The molecule has 2 rings (SSSR count). The number of carbonyl (C=O) groups excluding carboxylic acids is 2. The van der Waals surface area contributed by atoms with E-state index in [-0.39, 0.29) is 17.9 Å². The summed E-state index contributed by atoms with van der Waals surface area (Å²) in [5.74, 6) is 0.586. The molecule has 5 heteroatoms. The summed E-state index contributed by atoms with van der Waals surface area (Å²) in [5.41, 5.74) is 1.96. The van der Waals surface area contributed by atoms with Gasteiger partial charge in [-0.05, 0) is 43.5 Å². The molecule has 2 aromatic carbocycles. The molecule has 1 N–H and O–H groups in total. The Morgan fingerprint density at radius 2 is 1.72 bits per heavy atom. The molecule has 0 radical (unpaired) electrons. The van der Waals surface area contributed by atoms with E-state index < -0.39 is 6.04 Å². The van der Waals surface area contributed by atoms with E-state index in [9.17, 15) is 9.59 Å². The summed E-state index contributed by atoms with van der Waals surface area (Å²) in [6.07, 6.45) is 1.61. The molecule has 0 aliphatic carbocycles. The standard InChI is InChI=1S/C24H32N2O3/c1-5-10-23(27)26(17-20-13-9-14-21(15-20)29-4)22(24(28)25-18(2)3)16-19-11-7-6-8-12-19/h6-9,11-15,18,22H,5,10,16-17H2,1-4H3,(H,25,28)/t22-/m0/s1. The lowest BCUT2D eigenvalue weighted by atomic mass is 10.0. The number of nitrogens with one attached hydrogen (secondary N) is 1. The molecule has 0 heterocycles. The Morgan fingerprint density at radius 3 is 2.34 bits per heavy atom. The van der Waals surface area contributed by atoms with Gasteiger partial charge in [0.25, 0.3) is 0 Å². The van der Waals surface area contributed by atoms with Crippen LogP contribution in [-0.4, -0.2) is 35.9 Å². The van der Waals surface area contributed by atoms with Gasteiger partial charge in [0, 0.05) is 25.4 Å². The Hall–Kier alpha value is -2.82. The quantitative estimate of drug-likeness (QED) is 0.661. The first-order valence-corrected chi connectivity index (χ1v) is 10.2. The van der Waals surface area contributed by atoms with Crippen LogP contribution in [0.4, 0.5) is 0 Å². The van der Waals surface area contributed by atoms with E-state index in [0.29, 0.717) is 19.4 Å². The lowest BCUT2D eigenvalue weighted by molar-refractivity contribution is -0.141. The van der Waals surface area contributed by atoms with Gasteiger partial charge in [0.2, 0.25) is 11.8 Å². The number of hydrogen-bond acceptors (Lipinski definition) is 3. The molecule has 156 valence electrons. The smallest absolute Gasteiger partial charge is 0.243 e. The average Bonchev–Trinajstić information content (AvgIpc) is 2.71. The molecule has 2 amide bonds. The summed E-state index contributed by atoms with van der Waals surface area (Å²) >= 11 is 0. The molecule has 2 aromatic rings. The molecule has 0 saturated carbocycles. The topological polar surface area (TPSA) is 58.6 Å². The molecule has 0 fully saturated rings. The molecule has 0 aliphatic rings. The Morgan fingerprint density at radius 1 is 1.03 bits per heavy atom. The number of nitrogens with zero attached hydrogens (tertiary/aromatic N) is 1. The minimum atomic E-state index is -0.579. The Balaban J connectivity index is 2.38. The third-order valence-electron chi connectivity index (χ3n) is 4.65. The summed E-state index contributed by atoms with van der Waals surface area (Å²) in [6.45, 7) is 6.19. The minimum absolute atomic E-state index is 0.000667. The molecule has 29 heavy (non-hydrogen) atoms. The number of benzene rings is 2. The summed E-state index contributed by atoms with van der Waals surface area (Å²) < 4.78 is 5.32. The molecule has 0 saturated heterocycles. The van der Waals surface area contributed by atoms with Crippen LogP contribution in [-0.2, 0) is 22.6 Å². The Kier molecular flexibility index (Phi) is 8.71. The van der Waals surface area contributed by atoms with Crippen LogP contribution in [0.1, 0.15) is 44.7 Å². The van der Waals surface area contributed by atoms with Gasteiger partial charge in [-0.3, -0.25) is 9.59 Å². The summed E-state index contributed by atoms with van der Waals surface area (Å²) in [4.78, 5) is 27.8.